The standard InChI is InChI=1S/C21H39NO4S2/c1-20(2,3)11-9-18(23)25-13-7-8-14-26-19(24)10-12-22(21(4,5)6)17-15-27-28-16-17/h17H,7-16H2,1-6H3. The third-order valence-electron chi connectivity index (χ3n) is 4.61. The van der Waals surface area contributed by atoms with Crippen LogP contribution in [0.15, 0.2) is 0 Å². The van der Waals surface area contributed by atoms with Gasteiger partial charge in [-0.2, -0.15) is 0 Å². The molecule has 5 nitrogen and oxygen atoms in total. The average molecular weight is 434 g/mol. The largest absolute Gasteiger partial charge is 0.466 e. The predicted molar refractivity (Wildman–Crippen MR) is 120 cm³/mol. The second-order valence-corrected chi connectivity index (χ2v) is 12.1. The van der Waals surface area contributed by atoms with Crippen molar-refractivity contribution in [3.63, 3.8) is 0 Å². The van der Waals surface area contributed by atoms with Crippen molar-refractivity contribution in [3.05, 3.63) is 0 Å². The van der Waals surface area contributed by atoms with Crippen LogP contribution in [-0.2, 0) is 19.1 Å². The zero-order valence-corrected chi connectivity index (χ0v) is 20.2. The number of unbranched alkanes of at least 4 members (excludes halogenated alkanes) is 1. The Kier molecular flexibility index (Phi) is 11.3. The summed E-state index contributed by atoms with van der Waals surface area (Å²) < 4.78 is 10.6. The van der Waals surface area contributed by atoms with Crippen molar-refractivity contribution < 1.29 is 19.1 Å². The third kappa shape index (κ3) is 11.6. The molecule has 0 aromatic heterocycles. The summed E-state index contributed by atoms with van der Waals surface area (Å²) in [6.07, 6.45) is 3.15. The van der Waals surface area contributed by atoms with Crippen LogP contribution in [0.1, 0.15) is 73.6 Å². The molecule has 1 fully saturated rings. The summed E-state index contributed by atoms with van der Waals surface area (Å²) in [6.45, 7) is 14.5. The number of carbonyl (C=O) groups excluding carboxylic acids is 2. The van der Waals surface area contributed by atoms with Gasteiger partial charge in [-0.1, -0.05) is 42.4 Å². The molecule has 0 saturated carbocycles. The topological polar surface area (TPSA) is 55.8 Å². The Bertz CT molecular complexity index is 480. The fraction of sp³-hybridized carbons (Fsp3) is 0.905. The van der Waals surface area contributed by atoms with E-state index in [2.05, 4.69) is 46.4 Å². The molecule has 1 saturated heterocycles. The Morgan fingerprint density at radius 2 is 1.39 bits per heavy atom. The minimum atomic E-state index is -0.144. The van der Waals surface area contributed by atoms with Gasteiger partial charge in [-0.25, -0.2) is 0 Å². The second-order valence-electron chi connectivity index (χ2n) is 9.55. The number of carbonyl (C=O) groups is 2. The molecule has 0 radical (unpaired) electrons. The maximum Gasteiger partial charge on any atom is 0.307 e. The van der Waals surface area contributed by atoms with Crippen molar-refractivity contribution in [3.8, 4) is 0 Å². The minimum Gasteiger partial charge on any atom is -0.466 e. The van der Waals surface area contributed by atoms with Crippen LogP contribution in [0.5, 0.6) is 0 Å². The highest BCUT2D eigenvalue weighted by Gasteiger charge is 2.31. The highest BCUT2D eigenvalue weighted by atomic mass is 33.1. The van der Waals surface area contributed by atoms with Gasteiger partial charge in [0.05, 0.1) is 19.6 Å². The molecule has 1 aliphatic heterocycles. The molecule has 1 aliphatic rings. The second kappa shape index (κ2) is 12.3. The number of hydrogen-bond acceptors (Lipinski definition) is 7. The Labute approximate surface area is 179 Å². The summed E-state index contributed by atoms with van der Waals surface area (Å²) >= 11 is 0. The monoisotopic (exact) mass is 433 g/mol. The summed E-state index contributed by atoms with van der Waals surface area (Å²) in [5, 5.41) is 0. The van der Waals surface area contributed by atoms with Gasteiger partial charge in [0.2, 0.25) is 0 Å². The van der Waals surface area contributed by atoms with E-state index in [4.69, 9.17) is 9.47 Å². The SMILES string of the molecule is CC(C)(C)CCC(=O)OCCCCOC(=O)CCN(C1CSSC1)C(C)(C)C. The Morgan fingerprint density at radius 3 is 1.86 bits per heavy atom. The fourth-order valence-electron chi connectivity index (χ4n) is 2.96. The van der Waals surface area contributed by atoms with Crippen molar-refractivity contribution in [1.29, 1.82) is 0 Å². The van der Waals surface area contributed by atoms with Gasteiger partial charge < -0.3 is 9.47 Å². The van der Waals surface area contributed by atoms with Crippen LogP contribution >= 0.6 is 21.6 Å². The zero-order valence-electron chi connectivity index (χ0n) is 18.5. The lowest BCUT2D eigenvalue weighted by atomic mass is 9.91. The van der Waals surface area contributed by atoms with Gasteiger partial charge >= 0.3 is 11.9 Å². The van der Waals surface area contributed by atoms with Crippen LogP contribution in [0.4, 0.5) is 0 Å². The molecule has 0 unspecified atom stereocenters. The summed E-state index contributed by atoms with van der Waals surface area (Å²) in [7, 11) is 3.82. The Morgan fingerprint density at radius 1 is 0.893 bits per heavy atom. The zero-order chi connectivity index (χ0) is 21.2. The average Bonchev–Trinajstić information content (AvgIpc) is 3.08. The van der Waals surface area contributed by atoms with Crippen LogP contribution < -0.4 is 0 Å². The molecule has 0 amide bonds. The highest BCUT2D eigenvalue weighted by Crippen LogP contribution is 2.35. The third-order valence-corrected chi connectivity index (χ3v) is 7.13. The van der Waals surface area contributed by atoms with Crippen molar-refractivity contribution >= 4 is 33.5 Å². The molecule has 28 heavy (non-hydrogen) atoms. The number of ether oxygens (including phenoxy) is 2. The van der Waals surface area contributed by atoms with Crippen molar-refractivity contribution in [2.45, 2.75) is 85.2 Å². The lowest BCUT2D eigenvalue weighted by Crippen LogP contribution is -2.50. The van der Waals surface area contributed by atoms with Gasteiger partial charge in [0.1, 0.15) is 0 Å². The quantitative estimate of drug-likeness (QED) is 0.260. The molecule has 164 valence electrons. The molecule has 1 rings (SSSR count). The number of esters is 2. The van der Waals surface area contributed by atoms with Gasteiger partial charge in [-0.3, -0.25) is 14.5 Å². The molecular weight excluding hydrogens is 394 g/mol. The Balaban J connectivity index is 2.12. The molecule has 0 aliphatic carbocycles. The van der Waals surface area contributed by atoms with Gasteiger partial charge in [0, 0.05) is 36.1 Å². The lowest BCUT2D eigenvalue weighted by molar-refractivity contribution is -0.146. The summed E-state index contributed by atoms with van der Waals surface area (Å²) in [6, 6.07) is 0.524. The van der Waals surface area contributed by atoms with E-state index >= 15 is 0 Å². The van der Waals surface area contributed by atoms with Crippen LogP contribution in [0.25, 0.3) is 0 Å². The molecule has 0 bridgehead atoms. The van der Waals surface area contributed by atoms with E-state index in [-0.39, 0.29) is 22.9 Å². The van der Waals surface area contributed by atoms with Crippen LogP contribution in [-0.4, -0.2) is 59.7 Å². The minimum absolute atomic E-state index is 0.0489. The maximum absolute atomic E-state index is 12.1. The fourth-order valence-corrected chi connectivity index (χ4v) is 5.73. The van der Waals surface area contributed by atoms with Gasteiger partial charge in [-0.15, -0.1) is 0 Å². The van der Waals surface area contributed by atoms with E-state index < -0.39 is 0 Å². The van der Waals surface area contributed by atoms with E-state index in [0.29, 0.717) is 32.1 Å². The Hall–Kier alpha value is -0.400. The smallest absolute Gasteiger partial charge is 0.307 e. The van der Waals surface area contributed by atoms with Crippen LogP contribution in [0.3, 0.4) is 0 Å². The normalized spacial score (nSPS) is 15.8. The van der Waals surface area contributed by atoms with E-state index in [1.165, 1.54) is 0 Å². The first-order chi connectivity index (χ1) is 13.0. The van der Waals surface area contributed by atoms with E-state index in [1.54, 1.807) is 0 Å². The van der Waals surface area contributed by atoms with E-state index in [1.807, 2.05) is 21.6 Å². The molecule has 1 heterocycles. The van der Waals surface area contributed by atoms with Gasteiger partial charge in [0.15, 0.2) is 0 Å². The highest BCUT2D eigenvalue weighted by molar-refractivity contribution is 8.77. The lowest BCUT2D eigenvalue weighted by Gasteiger charge is -2.39. The first-order valence-corrected chi connectivity index (χ1v) is 12.8. The molecule has 0 N–H and O–H groups in total. The van der Waals surface area contributed by atoms with Gasteiger partial charge in [0.25, 0.3) is 0 Å². The number of hydrogen-bond donors (Lipinski definition) is 0. The maximum atomic E-state index is 12.1. The molecule has 0 aromatic rings. The summed E-state index contributed by atoms with van der Waals surface area (Å²) in [4.78, 5) is 26.1. The summed E-state index contributed by atoms with van der Waals surface area (Å²) in [5.74, 6) is 1.95. The summed E-state index contributed by atoms with van der Waals surface area (Å²) in [5.41, 5.74) is 0.193. The molecule has 0 spiro atoms. The number of rotatable bonds is 11. The molecule has 0 atom stereocenters. The van der Waals surface area contributed by atoms with Crippen molar-refractivity contribution in [1.82, 2.24) is 4.90 Å². The first kappa shape index (κ1) is 25.6. The predicted octanol–water partition coefficient (Wildman–Crippen LogP) is 4.93. The van der Waals surface area contributed by atoms with Gasteiger partial charge in [-0.05, 0) is 45.4 Å². The van der Waals surface area contributed by atoms with Crippen molar-refractivity contribution in [2.75, 3.05) is 31.3 Å². The molecule has 0 aromatic carbocycles. The number of nitrogens with zero attached hydrogens (tertiary/aromatic N) is 1. The first-order valence-electron chi connectivity index (χ1n) is 10.3. The molecule has 7 heteroatoms. The van der Waals surface area contributed by atoms with Crippen LogP contribution in [0, 0.1) is 5.41 Å². The van der Waals surface area contributed by atoms with Crippen LogP contribution in [0.2, 0.25) is 0 Å². The molecular formula is C21H39NO4S2. The van der Waals surface area contributed by atoms with Crippen molar-refractivity contribution in [2.24, 2.45) is 5.41 Å². The van der Waals surface area contributed by atoms with E-state index in [0.717, 1.165) is 37.3 Å². The van der Waals surface area contributed by atoms with E-state index in [9.17, 15) is 9.59 Å².